The first-order valence-corrected chi connectivity index (χ1v) is 15.7. The van der Waals surface area contributed by atoms with E-state index in [2.05, 4.69) is 175 Å². The molecule has 46 heavy (non-hydrogen) atoms. The van der Waals surface area contributed by atoms with Crippen molar-refractivity contribution in [3.63, 3.8) is 0 Å². The van der Waals surface area contributed by atoms with Crippen LogP contribution in [0.3, 0.4) is 0 Å². The van der Waals surface area contributed by atoms with E-state index in [-0.39, 0.29) is 0 Å². The van der Waals surface area contributed by atoms with Gasteiger partial charge in [-0.05, 0) is 63.2 Å². The zero-order valence-corrected chi connectivity index (χ0v) is 25.1. The molecule has 8 aromatic carbocycles. The summed E-state index contributed by atoms with van der Waals surface area (Å²) >= 11 is 0. The Morgan fingerprint density at radius 2 is 0.957 bits per heavy atom. The fourth-order valence-electron chi connectivity index (χ4n) is 6.90. The van der Waals surface area contributed by atoms with Gasteiger partial charge in [-0.1, -0.05) is 146 Å². The van der Waals surface area contributed by atoms with Crippen LogP contribution in [0.1, 0.15) is 0 Å². The number of para-hydroxylation sites is 1. The van der Waals surface area contributed by atoms with E-state index >= 15 is 0 Å². The molecule has 0 saturated carbocycles. The van der Waals surface area contributed by atoms with E-state index in [0.29, 0.717) is 0 Å². The van der Waals surface area contributed by atoms with Gasteiger partial charge in [-0.3, -0.25) is 0 Å². The Balaban J connectivity index is 1.43. The molecular formula is C44H29NO. The number of hydrogen-bond acceptors (Lipinski definition) is 2. The molecule has 9 aromatic rings. The summed E-state index contributed by atoms with van der Waals surface area (Å²) in [6.45, 7) is 0. The molecule has 0 fully saturated rings. The van der Waals surface area contributed by atoms with Crippen LogP contribution in [-0.4, -0.2) is 0 Å². The van der Waals surface area contributed by atoms with Crippen LogP contribution < -0.4 is 4.90 Å². The first-order chi connectivity index (χ1) is 22.8. The molecule has 0 N–H and O–H groups in total. The van der Waals surface area contributed by atoms with Gasteiger partial charge in [0.2, 0.25) is 0 Å². The third-order valence-corrected chi connectivity index (χ3v) is 9.02. The molecule has 0 saturated heterocycles. The van der Waals surface area contributed by atoms with Crippen molar-refractivity contribution >= 4 is 60.5 Å². The lowest BCUT2D eigenvalue weighted by molar-refractivity contribution is 0.672. The van der Waals surface area contributed by atoms with Crippen LogP contribution in [0.5, 0.6) is 0 Å². The number of rotatable bonds is 5. The molecule has 0 aliphatic carbocycles. The largest absolute Gasteiger partial charge is 0.455 e. The van der Waals surface area contributed by atoms with Gasteiger partial charge in [0.25, 0.3) is 0 Å². The molecule has 0 unspecified atom stereocenters. The molecular weight excluding hydrogens is 558 g/mol. The fraction of sp³-hybridized carbons (Fsp3) is 0. The molecule has 0 amide bonds. The Kier molecular flexibility index (Phi) is 6.17. The van der Waals surface area contributed by atoms with Crippen LogP contribution in [0.25, 0.3) is 65.7 Å². The average molecular weight is 588 g/mol. The van der Waals surface area contributed by atoms with Crippen LogP contribution in [0.15, 0.2) is 180 Å². The Hall–Kier alpha value is -6.12. The molecule has 0 aliphatic heterocycles. The van der Waals surface area contributed by atoms with Crippen molar-refractivity contribution < 1.29 is 4.42 Å². The van der Waals surface area contributed by atoms with Crippen molar-refractivity contribution in [1.82, 2.24) is 0 Å². The van der Waals surface area contributed by atoms with Gasteiger partial charge in [0.05, 0.1) is 11.1 Å². The summed E-state index contributed by atoms with van der Waals surface area (Å²) in [5.74, 6) is 0. The number of furan rings is 1. The first-order valence-electron chi connectivity index (χ1n) is 15.7. The van der Waals surface area contributed by atoms with Crippen molar-refractivity contribution in [3.05, 3.63) is 176 Å². The lowest BCUT2D eigenvalue weighted by Gasteiger charge is -2.30. The summed E-state index contributed by atoms with van der Waals surface area (Å²) < 4.78 is 6.74. The second kappa shape index (κ2) is 10.8. The maximum Gasteiger partial charge on any atom is 0.145 e. The SMILES string of the molecule is c1ccc(-c2ccc(N(c3ccc4ccccc4c3)c3c(-c4ccccc4)c4ccccc4c4oc5ccccc5c34)cc2)cc1. The Bertz CT molecular complexity index is 2510. The molecule has 1 heterocycles. The zero-order valence-electron chi connectivity index (χ0n) is 25.1. The average Bonchev–Trinajstić information content (AvgIpc) is 3.53. The fourth-order valence-corrected chi connectivity index (χ4v) is 6.90. The van der Waals surface area contributed by atoms with Crippen LogP contribution in [-0.2, 0) is 0 Å². The minimum Gasteiger partial charge on any atom is -0.455 e. The van der Waals surface area contributed by atoms with Crippen LogP contribution >= 0.6 is 0 Å². The quantitative estimate of drug-likeness (QED) is 0.199. The minimum atomic E-state index is 0.881. The molecule has 2 nitrogen and oxygen atoms in total. The van der Waals surface area contributed by atoms with E-state index in [9.17, 15) is 0 Å². The number of anilines is 3. The summed E-state index contributed by atoms with van der Waals surface area (Å²) in [5.41, 5.74) is 9.77. The van der Waals surface area contributed by atoms with Gasteiger partial charge in [-0.15, -0.1) is 0 Å². The smallest absolute Gasteiger partial charge is 0.145 e. The predicted molar refractivity (Wildman–Crippen MR) is 194 cm³/mol. The molecule has 9 rings (SSSR count). The number of hydrogen-bond donors (Lipinski definition) is 0. The van der Waals surface area contributed by atoms with Crippen LogP contribution in [0.2, 0.25) is 0 Å². The summed E-state index contributed by atoms with van der Waals surface area (Å²) in [6.07, 6.45) is 0. The van der Waals surface area contributed by atoms with Gasteiger partial charge in [0.15, 0.2) is 0 Å². The topological polar surface area (TPSA) is 16.4 Å². The van der Waals surface area contributed by atoms with Crippen molar-refractivity contribution in [2.24, 2.45) is 0 Å². The van der Waals surface area contributed by atoms with E-state index in [1.807, 2.05) is 6.07 Å². The number of fused-ring (bicyclic) bond motifs is 6. The Labute approximate surface area is 267 Å². The molecule has 0 radical (unpaired) electrons. The minimum absolute atomic E-state index is 0.881. The van der Waals surface area contributed by atoms with E-state index in [4.69, 9.17) is 4.42 Å². The highest BCUT2D eigenvalue weighted by atomic mass is 16.3. The molecule has 216 valence electrons. The third kappa shape index (κ3) is 4.27. The van der Waals surface area contributed by atoms with Crippen LogP contribution in [0, 0.1) is 0 Å². The maximum atomic E-state index is 6.74. The van der Waals surface area contributed by atoms with E-state index in [1.54, 1.807) is 0 Å². The van der Waals surface area contributed by atoms with Gasteiger partial charge < -0.3 is 9.32 Å². The standard InChI is InChI=1S/C44H29NO/c1-3-13-30(14-4-1)32-23-26-35(27-24-32)45(36-28-25-31-15-7-8-18-34(31)29-36)43-41(33-16-5-2-6-17-33)37-19-9-10-20-38(37)44-42(43)39-21-11-12-22-40(39)46-44/h1-29H. The highest BCUT2D eigenvalue weighted by molar-refractivity contribution is 6.27. The lowest BCUT2D eigenvalue weighted by Crippen LogP contribution is -2.12. The predicted octanol–water partition coefficient (Wildman–Crippen LogP) is 12.7. The summed E-state index contributed by atoms with van der Waals surface area (Å²) in [6, 6.07) is 62.7. The lowest BCUT2D eigenvalue weighted by atomic mass is 9.91. The molecule has 2 heteroatoms. The molecule has 0 atom stereocenters. The van der Waals surface area contributed by atoms with Crippen molar-refractivity contribution in [1.29, 1.82) is 0 Å². The zero-order chi connectivity index (χ0) is 30.5. The summed E-state index contributed by atoms with van der Waals surface area (Å²) in [5, 5.41) is 6.87. The summed E-state index contributed by atoms with van der Waals surface area (Å²) in [4.78, 5) is 2.43. The molecule has 1 aromatic heterocycles. The van der Waals surface area contributed by atoms with Gasteiger partial charge >= 0.3 is 0 Å². The Morgan fingerprint density at radius 1 is 0.391 bits per heavy atom. The molecule has 0 bridgehead atoms. The van der Waals surface area contributed by atoms with Crippen molar-refractivity contribution in [2.45, 2.75) is 0 Å². The third-order valence-electron chi connectivity index (χ3n) is 9.02. The van der Waals surface area contributed by atoms with E-state index in [1.165, 1.54) is 27.5 Å². The highest BCUT2D eigenvalue weighted by Gasteiger charge is 2.27. The monoisotopic (exact) mass is 587 g/mol. The molecule has 0 aliphatic rings. The van der Waals surface area contributed by atoms with Crippen molar-refractivity contribution in [2.75, 3.05) is 4.90 Å². The second-order valence-corrected chi connectivity index (χ2v) is 11.7. The highest BCUT2D eigenvalue weighted by Crippen LogP contribution is 2.52. The van der Waals surface area contributed by atoms with Gasteiger partial charge in [0.1, 0.15) is 11.2 Å². The van der Waals surface area contributed by atoms with Gasteiger partial charge in [-0.25, -0.2) is 0 Å². The van der Waals surface area contributed by atoms with Crippen LogP contribution in [0.4, 0.5) is 17.1 Å². The summed E-state index contributed by atoms with van der Waals surface area (Å²) in [7, 11) is 0. The van der Waals surface area contributed by atoms with Gasteiger partial charge in [-0.2, -0.15) is 0 Å². The second-order valence-electron chi connectivity index (χ2n) is 11.7. The normalized spacial score (nSPS) is 11.5. The first kappa shape index (κ1) is 26.3. The number of benzene rings is 8. The molecule has 0 spiro atoms. The van der Waals surface area contributed by atoms with Gasteiger partial charge in [0, 0.05) is 27.7 Å². The van der Waals surface area contributed by atoms with E-state index < -0.39 is 0 Å². The van der Waals surface area contributed by atoms with E-state index in [0.717, 1.165) is 55.3 Å². The van der Waals surface area contributed by atoms with Crippen molar-refractivity contribution in [3.8, 4) is 22.3 Å². The maximum absolute atomic E-state index is 6.74. The number of nitrogens with zero attached hydrogens (tertiary/aromatic N) is 1. The Morgan fingerprint density at radius 3 is 1.72 bits per heavy atom.